The Morgan fingerprint density at radius 3 is 2.50 bits per heavy atom. The van der Waals surface area contributed by atoms with Gasteiger partial charge in [-0.1, -0.05) is 43.9 Å². The minimum absolute atomic E-state index is 0.161. The van der Waals surface area contributed by atoms with Crippen LogP contribution >= 0.6 is 23.1 Å². The quantitative estimate of drug-likeness (QED) is 0.286. The van der Waals surface area contributed by atoms with E-state index in [0.717, 1.165) is 10.1 Å². The van der Waals surface area contributed by atoms with Gasteiger partial charge in [-0.05, 0) is 18.1 Å². The standard InChI is InChI=1S/C10H21N3O2S2Si/c1-10(2,3)18(4,5)15-14-6-7-16-9-13-12-8(11)17-9/h6-7H2,1-5H3,(H2,11,12). The van der Waals surface area contributed by atoms with Crippen LogP contribution in [-0.2, 0) is 9.46 Å². The van der Waals surface area contributed by atoms with Crippen LogP contribution in [0, 0.1) is 0 Å². The molecule has 0 amide bonds. The molecule has 5 nitrogen and oxygen atoms in total. The topological polar surface area (TPSA) is 70.3 Å². The van der Waals surface area contributed by atoms with Crippen molar-refractivity contribution in [2.45, 2.75) is 43.2 Å². The van der Waals surface area contributed by atoms with Crippen molar-refractivity contribution in [3.8, 4) is 0 Å². The zero-order chi connectivity index (χ0) is 13.8. The van der Waals surface area contributed by atoms with E-state index in [-0.39, 0.29) is 5.04 Å². The van der Waals surface area contributed by atoms with Crippen LogP contribution in [0.4, 0.5) is 5.13 Å². The number of nitrogen functional groups attached to an aromatic ring is 1. The van der Waals surface area contributed by atoms with E-state index in [1.807, 2.05) is 0 Å². The summed E-state index contributed by atoms with van der Waals surface area (Å²) in [4.78, 5) is 5.32. The Morgan fingerprint density at radius 1 is 1.33 bits per heavy atom. The van der Waals surface area contributed by atoms with E-state index < -0.39 is 8.32 Å². The van der Waals surface area contributed by atoms with Gasteiger partial charge in [-0.3, -0.25) is 4.58 Å². The lowest BCUT2D eigenvalue weighted by Gasteiger charge is -2.34. The van der Waals surface area contributed by atoms with Gasteiger partial charge in [0, 0.05) is 5.75 Å². The maximum atomic E-state index is 5.61. The van der Waals surface area contributed by atoms with Crippen molar-refractivity contribution >= 4 is 36.5 Å². The summed E-state index contributed by atoms with van der Waals surface area (Å²) in [5.41, 5.74) is 5.50. The summed E-state index contributed by atoms with van der Waals surface area (Å²) in [6.45, 7) is 11.4. The van der Waals surface area contributed by atoms with Gasteiger partial charge in [-0.2, -0.15) is 0 Å². The second kappa shape index (κ2) is 6.33. The molecule has 0 atom stereocenters. The third-order valence-corrected chi connectivity index (χ3v) is 8.88. The fourth-order valence-corrected chi connectivity index (χ4v) is 2.89. The Morgan fingerprint density at radius 2 is 2.00 bits per heavy atom. The first-order valence-electron chi connectivity index (χ1n) is 5.75. The van der Waals surface area contributed by atoms with Gasteiger partial charge in [0.25, 0.3) is 0 Å². The molecule has 18 heavy (non-hydrogen) atoms. The van der Waals surface area contributed by atoms with Crippen LogP contribution in [0.3, 0.4) is 0 Å². The summed E-state index contributed by atoms with van der Waals surface area (Å²) >= 11 is 2.96. The molecule has 0 aliphatic heterocycles. The van der Waals surface area contributed by atoms with Crippen molar-refractivity contribution in [2.75, 3.05) is 18.1 Å². The lowest BCUT2D eigenvalue weighted by molar-refractivity contribution is -0.215. The average Bonchev–Trinajstić information content (AvgIpc) is 2.62. The first-order valence-corrected chi connectivity index (χ1v) is 10.5. The molecule has 1 rings (SSSR count). The number of thioether (sulfide) groups is 1. The highest BCUT2D eigenvalue weighted by Crippen LogP contribution is 2.36. The molecule has 2 N–H and O–H groups in total. The molecule has 104 valence electrons. The predicted octanol–water partition coefficient (Wildman–Crippen LogP) is 3.17. The minimum atomic E-state index is -1.81. The highest BCUT2D eigenvalue weighted by Gasteiger charge is 2.38. The Bertz CT molecular complexity index is 379. The summed E-state index contributed by atoms with van der Waals surface area (Å²) in [6, 6.07) is 0. The van der Waals surface area contributed by atoms with Crippen LogP contribution in [0.25, 0.3) is 0 Å². The summed E-state index contributed by atoms with van der Waals surface area (Å²) in [6.07, 6.45) is 0. The zero-order valence-electron chi connectivity index (χ0n) is 11.5. The largest absolute Gasteiger partial charge is 0.374 e. The molecule has 1 aromatic rings. The lowest BCUT2D eigenvalue weighted by atomic mass is 10.2. The highest BCUT2D eigenvalue weighted by molar-refractivity contribution is 8.01. The number of hydrogen-bond acceptors (Lipinski definition) is 7. The lowest BCUT2D eigenvalue weighted by Crippen LogP contribution is -2.40. The number of nitrogens with two attached hydrogens (primary N) is 1. The molecule has 0 aliphatic rings. The van der Waals surface area contributed by atoms with E-state index in [9.17, 15) is 0 Å². The minimum Gasteiger partial charge on any atom is -0.374 e. The first-order chi connectivity index (χ1) is 8.22. The molecule has 0 unspecified atom stereocenters. The molecular formula is C10H21N3O2S2Si. The van der Waals surface area contributed by atoms with Crippen molar-refractivity contribution in [1.82, 2.24) is 10.2 Å². The summed E-state index contributed by atoms with van der Waals surface area (Å²) in [5.74, 6) is 0.781. The molecule has 0 radical (unpaired) electrons. The highest BCUT2D eigenvalue weighted by atomic mass is 32.2. The monoisotopic (exact) mass is 307 g/mol. The fourth-order valence-electron chi connectivity index (χ4n) is 0.756. The fraction of sp³-hybridized carbons (Fsp3) is 0.800. The van der Waals surface area contributed by atoms with Crippen molar-refractivity contribution < 1.29 is 9.46 Å². The summed E-state index contributed by atoms with van der Waals surface area (Å²) in [7, 11) is -1.81. The van der Waals surface area contributed by atoms with E-state index in [4.69, 9.17) is 15.2 Å². The molecule has 0 spiro atoms. The number of aromatic nitrogens is 2. The maximum absolute atomic E-state index is 5.61. The van der Waals surface area contributed by atoms with Crippen molar-refractivity contribution in [1.29, 1.82) is 0 Å². The molecule has 0 aliphatic carbocycles. The second-order valence-corrected chi connectivity index (χ2v) is 12.5. The number of nitrogens with zero attached hydrogens (tertiary/aromatic N) is 2. The van der Waals surface area contributed by atoms with Gasteiger partial charge in [0.15, 0.2) is 4.34 Å². The Labute approximate surface area is 118 Å². The van der Waals surface area contributed by atoms with Crippen LogP contribution < -0.4 is 5.73 Å². The molecular weight excluding hydrogens is 286 g/mol. The van der Waals surface area contributed by atoms with E-state index in [1.165, 1.54) is 11.3 Å². The average molecular weight is 308 g/mol. The molecule has 1 aromatic heterocycles. The van der Waals surface area contributed by atoms with Gasteiger partial charge in [-0.15, -0.1) is 10.2 Å². The van der Waals surface area contributed by atoms with E-state index in [0.29, 0.717) is 11.7 Å². The van der Waals surface area contributed by atoms with Crippen molar-refractivity contribution in [2.24, 2.45) is 0 Å². The van der Waals surface area contributed by atoms with Gasteiger partial charge >= 0.3 is 0 Å². The van der Waals surface area contributed by atoms with Gasteiger partial charge in [0.1, 0.15) is 0 Å². The van der Waals surface area contributed by atoms with Gasteiger partial charge in [0.05, 0.1) is 6.61 Å². The molecule has 0 saturated carbocycles. The Hall–Kier alpha value is -0.153. The maximum Gasteiger partial charge on any atom is 0.238 e. The molecule has 0 fully saturated rings. The van der Waals surface area contributed by atoms with Crippen LogP contribution in [0.5, 0.6) is 0 Å². The first kappa shape index (κ1) is 15.9. The molecule has 0 saturated heterocycles. The third-order valence-electron chi connectivity index (χ3n) is 2.89. The molecule has 8 heteroatoms. The number of anilines is 1. The van der Waals surface area contributed by atoms with Crippen molar-refractivity contribution in [3.63, 3.8) is 0 Å². The van der Waals surface area contributed by atoms with Crippen LogP contribution in [0.2, 0.25) is 18.1 Å². The van der Waals surface area contributed by atoms with Gasteiger partial charge in [0.2, 0.25) is 13.4 Å². The SMILES string of the molecule is CC(C)(C)[Si](C)(C)OOCCSc1nnc(N)s1. The Kier molecular flexibility index (Phi) is 5.59. The van der Waals surface area contributed by atoms with Gasteiger partial charge in [-0.25, -0.2) is 4.89 Å². The predicted molar refractivity (Wildman–Crippen MR) is 79.3 cm³/mol. The second-order valence-electron chi connectivity index (χ2n) is 5.42. The molecule has 0 bridgehead atoms. The van der Waals surface area contributed by atoms with E-state index >= 15 is 0 Å². The van der Waals surface area contributed by atoms with Crippen LogP contribution in [-0.4, -0.2) is 30.9 Å². The zero-order valence-corrected chi connectivity index (χ0v) is 14.2. The molecule has 0 aromatic carbocycles. The summed E-state index contributed by atoms with van der Waals surface area (Å²) < 4.78 is 6.47. The number of rotatable bonds is 6. The smallest absolute Gasteiger partial charge is 0.238 e. The third kappa shape index (κ3) is 4.85. The van der Waals surface area contributed by atoms with E-state index in [1.54, 1.807) is 11.8 Å². The van der Waals surface area contributed by atoms with Crippen LogP contribution in [0.15, 0.2) is 4.34 Å². The normalized spacial score (nSPS) is 12.9. The number of hydrogen-bond donors (Lipinski definition) is 1. The summed E-state index contributed by atoms with van der Waals surface area (Å²) in [5, 5.41) is 8.32. The van der Waals surface area contributed by atoms with Gasteiger partial charge < -0.3 is 5.73 Å². The molecule has 1 heterocycles. The van der Waals surface area contributed by atoms with E-state index in [2.05, 4.69) is 44.1 Å². The van der Waals surface area contributed by atoms with Crippen LogP contribution in [0.1, 0.15) is 20.8 Å². The van der Waals surface area contributed by atoms with Crippen molar-refractivity contribution in [3.05, 3.63) is 0 Å². The Balaban J connectivity index is 2.19.